The summed E-state index contributed by atoms with van der Waals surface area (Å²) in [6, 6.07) is 10.3. The van der Waals surface area contributed by atoms with Gasteiger partial charge < -0.3 is 14.2 Å². The molecule has 0 aromatic heterocycles. The Balaban J connectivity index is 1.51. The third-order valence-electron chi connectivity index (χ3n) is 4.54. The third kappa shape index (κ3) is 3.80. The first-order valence-corrected chi connectivity index (χ1v) is 8.68. The zero-order valence-electron chi connectivity index (χ0n) is 13.7. The molecule has 0 N–H and O–H groups in total. The Labute approximate surface area is 151 Å². The smallest absolute Gasteiger partial charge is 0.189 e. The fourth-order valence-corrected chi connectivity index (χ4v) is 3.60. The highest BCUT2D eigenvalue weighted by Crippen LogP contribution is 2.33. The number of ether oxygens (including phenoxy) is 3. The number of hydrogen-bond acceptors (Lipinski definition) is 4. The number of hydrogen-bond donors (Lipinski definition) is 0. The molecule has 0 radical (unpaired) electrons. The molecule has 6 heteroatoms. The Hall–Kier alpha value is -1.66. The van der Waals surface area contributed by atoms with Crippen molar-refractivity contribution in [3.05, 3.63) is 63.9 Å². The van der Waals surface area contributed by atoms with E-state index in [1.807, 2.05) is 12.1 Å². The zero-order chi connectivity index (χ0) is 17.2. The number of benzene rings is 2. The van der Waals surface area contributed by atoms with E-state index >= 15 is 0 Å². The summed E-state index contributed by atoms with van der Waals surface area (Å²) in [5, 5.41) is 0.686. The van der Waals surface area contributed by atoms with Crippen molar-refractivity contribution < 1.29 is 18.6 Å². The summed E-state index contributed by atoms with van der Waals surface area (Å²) in [4.78, 5) is 2.31. The molecule has 2 aromatic rings. The lowest BCUT2D eigenvalue weighted by atomic mass is 10.1. The largest absolute Gasteiger partial charge is 0.467 e. The minimum Gasteiger partial charge on any atom is -0.467 e. The van der Waals surface area contributed by atoms with E-state index in [1.54, 1.807) is 12.1 Å². The first-order chi connectivity index (χ1) is 12.2. The second-order valence-corrected chi connectivity index (χ2v) is 6.75. The first-order valence-electron chi connectivity index (χ1n) is 8.30. The second kappa shape index (κ2) is 7.30. The van der Waals surface area contributed by atoms with Gasteiger partial charge in [0.15, 0.2) is 6.79 Å². The molecular formula is C19H19ClFNO3. The van der Waals surface area contributed by atoms with Gasteiger partial charge in [0.25, 0.3) is 0 Å². The Bertz CT molecular complexity index is 753. The molecule has 1 fully saturated rings. The molecule has 4 nitrogen and oxygen atoms in total. The van der Waals surface area contributed by atoms with Crippen LogP contribution in [0.4, 0.5) is 4.39 Å². The predicted octanol–water partition coefficient (Wildman–Crippen LogP) is 3.92. The van der Waals surface area contributed by atoms with Crippen LogP contribution in [-0.2, 0) is 22.6 Å². The molecule has 132 valence electrons. The maximum Gasteiger partial charge on any atom is 0.189 e. The van der Waals surface area contributed by atoms with Crippen LogP contribution in [0, 0.1) is 5.82 Å². The van der Waals surface area contributed by atoms with Crippen LogP contribution in [-0.4, -0.2) is 31.4 Å². The number of rotatable bonds is 3. The van der Waals surface area contributed by atoms with Crippen LogP contribution in [0.15, 0.2) is 36.4 Å². The lowest BCUT2D eigenvalue weighted by molar-refractivity contribution is -0.0354. The van der Waals surface area contributed by atoms with Gasteiger partial charge in [0.1, 0.15) is 11.6 Å². The van der Waals surface area contributed by atoms with Crippen molar-refractivity contribution >= 4 is 11.6 Å². The summed E-state index contributed by atoms with van der Waals surface area (Å²) in [5.74, 6) is 0.641. The molecule has 2 aliphatic heterocycles. The second-order valence-electron chi connectivity index (χ2n) is 6.31. The minimum absolute atomic E-state index is 0.0615. The van der Waals surface area contributed by atoms with Gasteiger partial charge in [-0.15, -0.1) is 0 Å². The van der Waals surface area contributed by atoms with Gasteiger partial charge in [-0.3, -0.25) is 4.90 Å². The van der Waals surface area contributed by atoms with Crippen molar-refractivity contribution in [2.75, 3.05) is 26.5 Å². The molecule has 0 saturated carbocycles. The molecule has 0 spiro atoms. The monoisotopic (exact) mass is 363 g/mol. The van der Waals surface area contributed by atoms with E-state index in [0.29, 0.717) is 18.2 Å². The summed E-state index contributed by atoms with van der Waals surface area (Å²) in [6.45, 7) is 3.71. The molecule has 0 unspecified atom stereocenters. The van der Waals surface area contributed by atoms with Crippen LogP contribution >= 0.6 is 11.6 Å². The fourth-order valence-electron chi connectivity index (χ4n) is 3.34. The van der Waals surface area contributed by atoms with Crippen molar-refractivity contribution in [3.63, 3.8) is 0 Å². The van der Waals surface area contributed by atoms with E-state index in [-0.39, 0.29) is 18.7 Å². The molecule has 0 aliphatic carbocycles. The highest BCUT2D eigenvalue weighted by Gasteiger charge is 2.24. The summed E-state index contributed by atoms with van der Waals surface area (Å²) >= 11 is 6.25. The van der Waals surface area contributed by atoms with Crippen LogP contribution in [0.2, 0.25) is 5.02 Å². The van der Waals surface area contributed by atoms with Gasteiger partial charge in [0, 0.05) is 35.8 Å². The number of morpholine rings is 1. The van der Waals surface area contributed by atoms with E-state index in [2.05, 4.69) is 4.90 Å². The fraction of sp³-hybridized carbons (Fsp3) is 0.368. The van der Waals surface area contributed by atoms with Crippen molar-refractivity contribution in [2.45, 2.75) is 19.3 Å². The van der Waals surface area contributed by atoms with Crippen LogP contribution in [0.5, 0.6) is 5.75 Å². The van der Waals surface area contributed by atoms with E-state index in [4.69, 9.17) is 25.8 Å². The average Bonchev–Trinajstić information content (AvgIpc) is 2.62. The molecule has 0 amide bonds. The number of halogens is 2. The Morgan fingerprint density at radius 1 is 1.20 bits per heavy atom. The minimum atomic E-state index is -0.235. The molecule has 0 bridgehead atoms. The normalized spacial score (nSPS) is 20.8. The Kier molecular flexibility index (Phi) is 4.90. The first kappa shape index (κ1) is 16.8. The number of nitrogens with zero attached hydrogens (tertiary/aromatic N) is 1. The van der Waals surface area contributed by atoms with Gasteiger partial charge in [0.05, 0.1) is 19.3 Å². The van der Waals surface area contributed by atoms with E-state index in [9.17, 15) is 4.39 Å². The van der Waals surface area contributed by atoms with Crippen LogP contribution in [0.25, 0.3) is 0 Å². The van der Waals surface area contributed by atoms with Crippen LogP contribution in [0.1, 0.15) is 22.8 Å². The molecule has 2 heterocycles. The predicted molar refractivity (Wildman–Crippen MR) is 92.1 cm³/mol. The molecular weight excluding hydrogens is 345 g/mol. The molecule has 2 aromatic carbocycles. The maximum atomic E-state index is 13.1. The van der Waals surface area contributed by atoms with E-state index in [1.165, 1.54) is 12.1 Å². The van der Waals surface area contributed by atoms with Gasteiger partial charge >= 0.3 is 0 Å². The quantitative estimate of drug-likeness (QED) is 0.827. The van der Waals surface area contributed by atoms with E-state index in [0.717, 1.165) is 42.1 Å². The Morgan fingerprint density at radius 2 is 2.04 bits per heavy atom. The summed E-state index contributed by atoms with van der Waals surface area (Å²) in [7, 11) is 0. The van der Waals surface area contributed by atoms with Gasteiger partial charge in [-0.25, -0.2) is 4.39 Å². The van der Waals surface area contributed by atoms with E-state index < -0.39 is 0 Å². The SMILES string of the molecule is Fc1ccc([C@H]2CN(Cc3cc(Cl)cc4c3OCOC4)CCO2)cc1. The van der Waals surface area contributed by atoms with Gasteiger partial charge in [-0.05, 0) is 29.8 Å². The van der Waals surface area contributed by atoms with Gasteiger partial charge in [-0.1, -0.05) is 23.7 Å². The maximum absolute atomic E-state index is 13.1. The average molecular weight is 364 g/mol. The Morgan fingerprint density at radius 3 is 2.88 bits per heavy atom. The lowest BCUT2D eigenvalue weighted by Crippen LogP contribution is -2.38. The number of fused-ring (bicyclic) bond motifs is 1. The molecule has 2 aliphatic rings. The van der Waals surface area contributed by atoms with Crippen LogP contribution in [0.3, 0.4) is 0 Å². The van der Waals surface area contributed by atoms with Gasteiger partial charge in [0.2, 0.25) is 0 Å². The van der Waals surface area contributed by atoms with Crippen molar-refractivity contribution in [1.29, 1.82) is 0 Å². The summed E-state index contributed by atoms with van der Waals surface area (Å²) in [5.41, 5.74) is 3.03. The topological polar surface area (TPSA) is 30.9 Å². The summed E-state index contributed by atoms with van der Waals surface area (Å²) < 4.78 is 30.0. The summed E-state index contributed by atoms with van der Waals surface area (Å²) in [6.07, 6.45) is -0.0615. The van der Waals surface area contributed by atoms with Crippen molar-refractivity contribution in [3.8, 4) is 5.75 Å². The molecule has 4 rings (SSSR count). The van der Waals surface area contributed by atoms with Crippen molar-refractivity contribution in [2.24, 2.45) is 0 Å². The molecule has 1 atom stereocenters. The van der Waals surface area contributed by atoms with Gasteiger partial charge in [-0.2, -0.15) is 0 Å². The third-order valence-corrected chi connectivity index (χ3v) is 4.76. The van der Waals surface area contributed by atoms with Crippen LogP contribution < -0.4 is 4.74 Å². The standard InChI is InChI=1S/C19H19ClFNO3/c20-16-7-14(19-15(8-16)11-23-12-25-19)9-22-5-6-24-18(10-22)13-1-3-17(21)4-2-13/h1-4,7-8,18H,5-6,9-12H2/t18-/m1/s1. The highest BCUT2D eigenvalue weighted by molar-refractivity contribution is 6.30. The lowest BCUT2D eigenvalue weighted by Gasteiger charge is -2.34. The highest BCUT2D eigenvalue weighted by atomic mass is 35.5. The molecule has 1 saturated heterocycles. The van der Waals surface area contributed by atoms with Crippen molar-refractivity contribution in [1.82, 2.24) is 4.90 Å². The molecule has 25 heavy (non-hydrogen) atoms. The zero-order valence-corrected chi connectivity index (χ0v) is 14.5.